The number of hydrogen-bond acceptors (Lipinski definition) is 6. The molecule has 1 aromatic carbocycles. The zero-order valence-electron chi connectivity index (χ0n) is 24.0. The molecule has 3 N–H and O–H groups in total. The summed E-state index contributed by atoms with van der Waals surface area (Å²) in [6, 6.07) is 6.29. The van der Waals surface area contributed by atoms with E-state index in [0.29, 0.717) is 18.6 Å². The zero-order valence-corrected chi connectivity index (χ0v) is 24.0. The predicted octanol–water partition coefficient (Wildman–Crippen LogP) is 4.87. The number of amides is 3. The Morgan fingerprint density at radius 1 is 1.14 bits per heavy atom. The average molecular weight is 568 g/mol. The van der Waals surface area contributed by atoms with Crippen molar-refractivity contribution in [2.45, 2.75) is 57.8 Å². The molecule has 12 nitrogen and oxygen atoms in total. The summed E-state index contributed by atoms with van der Waals surface area (Å²) in [7, 11) is 3.25. The van der Waals surface area contributed by atoms with Gasteiger partial charge in [0.2, 0.25) is 0 Å². The third-order valence-electron chi connectivity index (χ3n) is 8.40. The molecule has 7 rings (SSSR count). The molecule has 1 fully saturated rings. The molecule has 0 spiro atoms. The number of methoxy groups -OCH3 is 1. The fourth-order valence-electron chi connectivity index (χ4n) is 6.51. The molecule has 1 saturated carbocycles. The number of fused-ring (bicyclic) bond motifs is 4. The molecule has 5 aromatic rings. The highest BCUT2D eigenvalue weighted by atomic mass is 16.5. The van der Waals surface area contributed by atoms with Crippen LogP contribution in [-0.2, 0) is 18.3 Å². The minimum absolute atomic E-state index is 0.0745. The summed E-state index contributed by atoms with van der Waals surface area (Å²) in [5.74, 6) is 0. The minimum atomic E-state index is -0.457. The Morgan fingerprint density at radius 3 is 2.76 bits per heavy atom. The Balaban J connectivity index is 1.43. The minimum Gasteiger partial charge on any atom is -0.453 e. The normalized spacial score (nSPS) is 18.6. The van der Waals surface area contributed by atoms with Gasteiger partial charge in [0.1, 0.15) is 5.65 Å². The number of rotatable bonds is 5. The molecule has 4 aromatic heterocycles. The number of hydrogen-bond donors (Lipinski definition) is 3. The van der Waals surface area contributed by atoms with Gasteiger partial charge in [-0.15, -0.1) is 0 Å². The number of anilines is 1. The van der Waals surface area contributed by atoms with Crippen LogP contribution in [0.25, 0.3) is 44.3 Å². The quantitative estimate of drug-likeness (QED) is 0.277. The van der Waals surface area contributed by atoms with Gasteiger partial charge < -0.3 is 20.4 Å². The van der Waals surface area contributed by atoms with Crippen LogP contribution in [0.4, 0.5) is 15.3 Å². The molecule has 3 amide bonds. The first kappa shape index (κ1) is 26.1. The number of ether oxygens (including phenoxy) is 1. The van der Waals surface area contributed by atoms with E-state index in [1.54, 1.807) is 4.68 Å². The van der Waals surface area contributed by atoms with Gasteiger partial charge in [-0.25, -0.2) is 14.6 Å². The molecular weight excluding hydrogens is 534 g/mol. The Kier molecular flexibility index (Phi) is 6.14. The SMILES string of the molecule is COC(=O)N[C@@H]1CC[C@@H](N2C(=O)NCc3cnc4[nH]c(-c5cnn(C)c5)c(-c5ccc6c(cnn6C(C)C)c5)c4c32)C1. The van der Waals surface area contributed by atoms with Gasteiger partial charge in [-0.3, -0.25) is 14.3 Å². The third kappa shape index (κ3) is 4.16. The van der Waals surface area contributed by atoms with E-state index < -0.39 is 6.09 Å². The molecule has 0 unspecified atom stereocenters. The molecule has 1 aliphatic heterocycles. The number of nitrogens with zero attached hydrogens (tertiary/aromatic N) is 6. The van der Waals surface area contributed by atoms with E-state index in [9.17, 15) is 9.59 Å². The molecule has 1 aliphatic carbocycles. The van der Waals surface area contributed by atoms with Crippen molar-refractivity contribution in [1.29, 1.82) is 0 Å². The average Bonchev–Trinajstić information content (AvgIpc) is 3.77. The lowest BCUT2D eigenvalue weighted by Gasteiger charge is -2.35. The van der Waals surface area contributed by atoms with E-state index in [2.05, 4.69) is 57.9 Å². The molecule has 5 heterocycles. The molecule has 42 heavy (non-hydrogen) atoms. The first-order valence-electron chi connectivity index (χ1n) is 14.2. The highest BCUT2D eigenvalue weighted by Crippen LogP contribution is 2.46. The smallest absolute Gasteiger partial charge is 0.407 e. The van der Waals surface area contributed by atoms with Crippen molar-refractivity contribution in [3.8, 4) is 22.4 Å². The first-order valence-corrected chi connectivity index (χ1v) is 14.2. The van der Waals surface area contributed by atoms with Crippen LogP contribution < -0.4 is 15.5 Å². The van der Waals surface area contributed by atoms with Crippen molar-refractivity contribution in [3.05, 3.63) is 48.5 Å². The summed E-state index contributed by atoms with van der Waals surface area (Å²) in [4.78, 5) is 35.8. The van der Waals surface area contributed by atoms with Gasteiger partial charge in [0, 0.05) is 66.2 Å². The van der Waals surface area contributed by atoms with Crippen LogP contribution in [0.15, 0.2) is 43.0 Å². The lowest BCUT2D eigenvalue weighted by molar-refractivity contribution is 0.166. The van der Waals surface area contributed by atoms with Gasteiger partial charge >= 0.3 is 12.1 Å². The van der Waals surface area contributed by atoms with Gasteiger partial charge in [0.25, 0.3) is 0 Å². The Hall–Kier alpha value is -4.87. The van der Waals surface area contributed by atoms with Gasteiger partial charge in [0.05, 0.1) is 41.8 Å². The van der Waals surface area contributed by atoms with E-state index in [4.69, 9.17) is 9.72 Å². The predicted molar refractivity (Wildman–Crippen MR) is 159 cm³/mol. The van der Waals surface area contributed by atoms with Crippen LogP contribution >= 0.6 is 0 Å². The number of pyridine rings is 1. The summed E-state index contributed by atoms with van der Waals surface area (Å²) in [6.45, 7) is 4.62. The maximum Gasteiger partial charge on any atom is 0.407 e. The van der Waals surface area contributed by atoms with Crippen molar-refractivity contribution < 1.29 is 14.3 Å². The second-order valence-corrected chi connectivity index (χ2v) is 11.4. The highest BCUT2D eigenvalue weighted by Gasteiger charge is 2.39. The fraction of sp³-hybridized carbons (Fsp3) is 0.367. The second kappa shape index (κ2) is 9.89. The lowest BCUT2D eigenvalue weighted by atomic mass is 9.96. The van der Waals surface area contributed by atoms with Crippen molar-refractivity contribution in [1.82, 2.24) is 40.2 Å². The Bertz CT molecular complexity index is 1850. The van der Waals surface area contributed by atoms with E-state index in [-0.39, 0.29) is 24.2 Å². The van der Waals surface area contributed by atoms with Crippen molar-refractivity contribution in [3.63, 3.8) is 0 Å². The van der Waals surface area contributed by atoms with E-state index in [1.165, 1.54) is 7.11 Å². The van der Waals surface area contributed by atoms with Gasteiger partial charge in [-0.2, -0.15) is 10.2 Å². The number of alkyl carbamates (subject to hydrolysis) is 1. The maximum atomic E-state index is 13.6. The van der Waals surface area contributed by atoms with Crippen LogP contribution in [0, 0.1) is 0 Å². The summed E-state index contributed by atoms with van der Waals surface area (Å²) in [5.41, 5.74) is 7.32. The molecule has 12 heteroatoms. The molecule has 0 radical (unpaired) electrons. The number of carbonyl (C=O) groups excluding carboxylic acids is 2. The topological polar surface area (TPSA) is 135 Å². The number of aryl methyl sites for hydroxylation is 1. The molecule has 0 bridgehead atoms. The largest absolute Gasteiger partial charge is 0.453 e. The summed E-state index contributed by atoms with van der Waals surface area (Å²) in [5, 5.41) is 16.9. The second-order valence-electron chi connectivity index (χ2n) is 11.4. The van der Waals surface area contributed by atoms with Crippen LogP contribution in [0.1, 0.15) is 44.7 Å². The Labute approximate surface area is 242 Å². The monoisotopic (exact) mass is 567 g/mol. The molecule has 2 atom stereocenters. The Morgan fingerprint density at radius 2 is 2.00 bits per heavy atom. The number of aromatic nitrogens is 6. The molecular formula is C30H33N9O3. The van der Waals surface area contributed by atoms with E-state index in [1.807, 2.05) is 41.4 Å². The van der Waals surface area contributed by atoms with E-state index in [0.717, 1.165) is 62.8 Å². The molecule has 0 saturated heterocycles. The lowest BCUT2D eigenvalue weighted by Crippen LogP contribution is -2.49. The number of carbonyl (C=O) groups is 2. The first-order chi connectivity index (χ1) is 20.3. The van der Waals surface area contributed by atoms with Crippen molar-refractivity contribution >= 4 is 39.7 Å². The summed E-state index contributed by atoms with van der Waals surface area (Å²) < 4.78 is 8.61. The van der Waals surface area contributed by atoms with Gasteiger partial charge in [-0.05, 0) is 50.8 Å². The van der Waals surface area contributed by atoms with Crippen LogP contribution in [0.3, 0.4) is 0 Å². The van der Waals surface area contributed by atoms with Crippen LogP contribution in [0.2, 0.25) is 0 Å². The van der Waals surface area contributed by atoms with Crippen molar-refractivity contribution in [2.24, 2.45) is 7.05 Å². The van der Waals surface area contributed by atoms with Gasteiger partial charge in [0.15, 0.2) is 0 Å². The summed E-state index contributed by atoms with van der Waals surface area (Å²) in [6.07, 6.45) is 9.22. The maximum absolute atomic E-state index is 13.6. The fourth-order valence-corrected chi connectivity index (χ4v) is 6.51. The molecule has 216 valence electrons. The number of benzene rings is 1. The van der Waals surface area contributed by atoms with Crippen LogP contribution in [-0.4, -0.2) is 60.8 Å². The van der Waals surface area contributed by atoms with Gasteiger partial charge in [-0.1, -0.05) is 6.07 Å². The molecule has 2 aliphatic rings. The highest BCUT2D eigenvalue weighted by molar-refractivity contribution is 6.14. The summed E-state index contributed by atoms with van der Waals surface area (Å²) >= 11 is 0. The number of nitrogens with one attached hydrogen (secondary N) is 3. The third-order valence-corrected chi connectivity index (χ3v) is 8.40. The standard InChI is InChI=1S/C30H33N9O3/c1-16(2)39-23-8-5-17(9-18(23)13-34-39)24-25-27-19(11-31-28(25)36-26(24)20-14-33-37(3)15-20)12-32-29(40)38(27)22-7-6-21(10-22)35-30(41)42-4/h5,8-9,11,13-16,21-22H,6-7,10,12H2,1-4H3,(H,31,36)(H,32,40)(H,35,41)/t21-,22-/m1/s1. The number of urea groups is 1. The van der Waals surface area contributed by atoms with Crippen LogP contribution in [0.5, 0.6) is 0 Å². The number of H-pyrrole nitrogens is 1. The number of aromatic amines is 1. The van der Waals surface area contributed by atoms with E-state index >= 15 is 0 Å². The van der Waals surface area contributed by atoms with Crippen molar-refractivity contribution in [2.75, 3.05) is 12.0 Å². The zero-order chi connectivity index (χ0) is 29.1.